The molecule has 2 rings (SSSR count). The third kappa shape index (κ3) is 3.79. The molecule has 0 fully saturated rings. The van der Waals surface area contributed by atoms with Crippen molar-refractivity contribution in [2.24, 2.45) is 0 Å². The quantitative estimate of drug-likeness (QED) is 0.475. The molecular formula is C15H12ClNO4. The Morgan fingerprint density at radius 2 is 2.05 bits per heavy atom. The topological polar surface area (TPSA) is 69.4 Å². The van der Waals surface area contributed by atoms with Crippen LogP contribution in [0.2, 0.25) is 5.02 Å². The highest BCUT2D eigenvalue weighted by Gasteiger charge is 2.14. The average Bonchev–Trinajstić information content (AvgIpc) is 2.45. The molecule has 0 saturated heterocycles. The first kappa shape index (κ1) is 15.0. The SMILES string of the molecule is CC(=O)c1cccc(OCc2cc(Cl)ccc2[N+](=O)[O-])c1. The number of carbonyl (C=O) groups is 1. The van der Waals surface area contributed by atoms with E-state index in [-0.39, 0.29) is 18.1 Å². The smallest absolute Gasteiger partial charge is 0.276 e. The second-order valence-electron chi connectivity index (χ2n) is 4.40. The highest BCUT2D eigenvalue weighted by Crippen LogP contribution is 2.24. The zero-order chi connectivity index (χ0) is 15.4. The molecule has 0 bridgehead atoms. The van der Waals surface area contributed by atoms with Gasteiger partial charge in [0.15, 0.2) is 5.78 Å². The molecule has 0 aromatic heterocycles. The van der Waals surface area contributed by atoms with Gasteiger partial charge in [0, 0.05) is 16.7 Å². The Morgan fingerprint density at radius 1 is 1.29 bits per heavy atom. The zero-order valence-electron chi connectivity index (χ0n) is 11.2. The molecule has 108 valence electrons. The number of halogens is 1. The highest BCUT2D eigenvalue weighted by atomic mass is 35.5. The number of rotatable bonds is 5. The first-order chi connectivity index (χ1) is 9.97. The van der Waals surface area contributed by atoms with E-state index in [0.29, 0.717) is 21.9 Å². The van der Waals surface area contributed by atoms with E-state index in [4.69, 9.17) is 16.3 Å². The summed E-state index contributed by atoms with van der Waals surface area (Å²) in [4.78, 5) is 21.8. The van der Waals surface area contributed by atoms with E-state index in [9.17, 15) is 14.9 Å². The minimum absolute atomic E-state index is 0.00175. The lowest BCUT2D eigenvalue weighted by Crippen LogP contribution is -2.01. The molecule has 0 aliphatic carbocycles. The summed E-state index contributed by atoms with van der Waals surface area (Å²) < 4.78 is 5.51. The molecule has 0 radical (unpaired) electrons. The molecule has 0 aliphatic heterocycles. The van der Waals surface area contributed by atoms with Crippen LogP contribution in [0.3, 0.4) is 0 Å². The Bertz CT molecular complexity index is 700. The number of nitro benzene ring substituents is 1. The monoisotopic (exact) mass is 305 g/mol. The van der Waals surface area contributed by atoms with Gasteiger partial charge in [0.05, 0.1) is 10.5 Å². The molecule has 6 heteroatoms. The predicted octanol–water partition coefficient (Wildman–Crippen LogP) is 4.03. The normalized spacial score (nSPS) is 10.2. The fraction of sp³-hybridized carbons (Fsp3) is 0.133. The largest absolute Gasteiger partial charge is 0.489 e. The summed E-state index contributed by atoms with van der Waals surface area (Å²) in [5, 5.41) is 11.3. The van der Waals surface area contributed by atoms with E-state index in [1.165, 1.54) is 25.1 Å². The Labute approximate surface area is 126 Å². The minimum atomic E-state index is -0.485. The number of ether oxygens (including phenoxy) is 1. The van der Waals surface area contributed by atoms with Gasteiger partial charge in [-0.05, 0) is 31.2 Å². The third-order valence-electron chi connectivity index (χ3n) is 2.87. The van der Waals surface area contributed by atoms with Gasteiger partial charge in [-0.2, -0.15) is 0 Å². The zero-order valence-corrected chi connectivity index (χ0v) is 12.0. The van der Waals surface area contributed by atoms with Crippen LogP contribution in [0.4, 0.5) is 5.69 Å². The molecule has 5 nitrogen and oxygen atoms in total. The fourth-order valence-corrected chi connectivity index (χ4v) is 2.01. The number of hydrogen-bond acceptors (Lipinski definition) is 4. The van der Waals surface area contributed by atoms with E-state index in [2.05, 4.69) is 0 Å². The molecule has 2 aromatic carbocycles. The van der Waals surface area contributed by atoms with Gasteiger partial charge in [-0.15, -0.1) is 0 Å². The lowest BCUT2D eigenvalue weighted by atomic mass is 10.1. The van der Waals surface area contributed by atoms with Crippen molar-refractivity contribution in [2.75, 3.05) is 0 Å². The maximum Gasteiger partial charge on any atom is 0.276 e. The number of hydrogen-bond donors (Lipinski definition) is 0. The molecule has 0 heterocycles. The number of benzene rings is 2. The van der Waals surface area contributed by atoms with Gasteiger partial charge < -0.3 is 4.74 Å². The van der Waals surface area contributed by atoms with Gasteiger partial charge >= 0.3 is 0 Å². The van der Waals surface area contributed by atoms with Crippen molar-refractivity contribution in [3.63, 3.8) is 0 Å². The van der Waals surface area contributed by atoms with Crippen LogP contribution < -0.4 is 4.74 Å². The van der Waals surface area contributed by atoms with Gasteiger partial charge in [-0.3, -0.25) is 14.9 Å². The molecule has 0 atom stereocenters. The molecule has 0 unspecified atom stereocenters. The first-order valence-corrected chi connectivity index (χ1v) is 6.52. The highest BCUT2D eigenvalue weighted by molar-refractivity contribution is 6.30. The van der Waals surface area contributed by atoms with Crippen molar-refractivity contribution in [3.05, 3.63) is 68.7 Å². The van der Waals surface area contributed by atoms with Gasteiger partial charge in [0.25, 0.3) is 5.69 Å². The van der Waals surface area contributed by atoms with Crippen molar-refractivity contribution in [3.8, 4) is 5.75 Å². The second-order valence-corrected chi connectivity index (χ2v) is 4.84. The van der Waals surface area contributed by atoms with Crippen LogP contribution >= 0.6 is 11.6 Å². The van der Waals surface area contributed by atoms with Gasteiger partial charge in [0.2, 0.25) is 0 Å². The van der Waals surface area contributed by atoms with Crippen LogP contribution in [0.15, 0.2) is 42.5 Å². The number of nitro groups is 1. The third-order valence-corrected chi connectivity index (χ3v) is 3.11. The minimum Gasteiger partial charge on any atom is -0.489 e. The van der Waals surface area contributed by atoms with Crippen molar-refractivity contribution in [1.82, 2.24) is 0 Å². The summed E-state index contributed by atoms with van der Waals surface area (Å²) in [5.74, 6) is 0.395. The number of nitrogens with zero attached hydrogens (tertiary/aromatic N) is 1. The predicted molar refractivity (Wildman–Crippen MR) is 78.9 cm³/mol. The van der Waals surface area contributed by atoms with Crippen molar-refractivity contribution >= 4 is 23.1 Å². The number of ketones is 1. The van der Waals surface area contributed by atoms with Crippen LogP contribution in [0.5, 0.6) is 5.75 Å². The fourth-order valence-electron chi connectivity index (χ4n) is 1.81. The standard InChI is InChI=1S/C15H12ClNO4/c1-10(18)11-3-2-4-14(8-11)21-9-12-7-13(16)5-6-15(12)17(19)20/h2-8H,9H2,1H3. The summed E-state index contributed by atoms with van der Waals surface area (Å²) in [6.07, 6.45) is 0. The maximum absolute atomic E-state index is 11.3. The molecule has 0 aliphatic rings. The summed E-state index contributed by atoms with van der Waals surface area (Å²) in [6.45, 7) is 1.46. The number of carbonyl (C=O) groups excluding carboxylic acids is 1. The van der Waals surface area contributed by atoms with Gasteiger partial charge in [0.1, 0.15) is 12.4 Å². The van der Waals surface area contributed by atoms with Crippen LogP contribution in [0.1, 0.15) is 22.8 Å². The molecular weight excluding hydrogens is 294 g/mol. The van der Waals surface area contributed by atoms with Gasteiger partial charge in [-0.25, -0.2) is 0 Å². The van der Waals surface area contributed by atoms with Crippen LogP contribution in [0, 0.1) is 10.1 Å². The van der Waals surface area contributed by atoms with E-state index in [1.54, 1.807) is 24.3 Å². The van der Waals surface area contributed by atoms with E-state index >= 15 is 0 Å². The lowest BCUT2D eigenvalue weighted by molar-refractivity contribution is -0.385. The van der Waals surface area contributed by atoms with Crippen molar-refractivity contribution < 1.29 is 14.5 Å². The molecule has 2 aromatic rings. The van der Waals surface area contributed by atoms with E-state index in [0.717, 1.165) is 0 Å². The molecule has 0 saturated carbocycles. The van der Waals surface area contributed by atoms with Gasteiger partial charge in [-0.1, -0.05) is 23.7 Å². The summed E-state index contributed by atoms with van der Waals surface area (Å²) in [5.41, 5.74) is 0.843. The average molecular weight is 306 g/mol. The Kier molecular flexibility index (Phi) is 4.55. The Morgan fingerprint density at radius 3 is 2.71 bits per heavy atom. The summed E-state index contributed by atoms with van der Waals surface area (Å²) in [6, 6.07) is 10.9. The van der Waals surface area contributed by atoms with Crippen LogP contribution in [0.25, 0.3) is 0 Å². The molecule has 0 spiro atoms. The van der Waals surface area contributed by atoms with Crippen molar-refractivity contribution in [2.45, 2.75) is 13.5 Å². The summed E-state index contributed by atoms with van der Waals surface area (Å²) >= 11 is 5.85. The van der Waals surface area contributed by atoms with E-state index < -0.39 is 4.92 Å². The number of Topliss-reactive ketones (excluding diaryl/α,β-unsaturated/α-hetero) is 1. The molecule has 21 heavy (non-hydrogen) atoms. The van der Waals surface area contributed by atoms with Crippen LogP contribution in [-0.2, 0) is 6.61 Å². The summed E-state index contributed by atoms with van der Waals surface area (Å²) in [7, 11) is 0. The molecule has 0 N–H and O–H groups in total. The van der Waals surface area contributed by atoms with Crippen molar-refractivity contribution in [1.29, 1.82) is 0 Å². The van der Waals surface area contributed by atoms with E-state index in [1.807, 2.05) is 0 Å². The Hall–Kier alpha value is -2.40. The Balaban J connectivity index is 2.20. The second kappa shape index (κ2) is 6.37. The van der Waals surface area contributed by atoms with Crippen LogP contribution in [-0.4, -0.2) is 10.7 Å². The lowest BCUT2D eigenvalue weighted by Gasteiger charge is -2.08. The first-order valence-electron chi connectivity index (χ1n) is 6.14. The molecule has 0 amide bonds. The maximum atomic E-state index is 11.3.